The van der Waals surface area contributed by atoms with Crippen LogP contribution in [0.15, 0.2) is 51.4 Å². The molecule has 0 saturated carbocycles. The first-order valence-corrected chi connectivity index (χ1v) is 7.62. The number of nitrogens with one attached hydrogen (secondary N) is 1. The smallest absolute Gasteiger partial charge is 0.335 e. The van der Waals surface area contributed by atoms with E-state index in [1.165, 1.54) is 5.56 Å². The summed E-state index contributed by atoms with van der Waals surface area (Å²) in [7, 11) is 0. The Kier molecular flexibility index (Phi) is 5.34. The maximum atomic E-state index is 10.9. The fraction of sp³-hybridized carbons (Fsp3) is 0.133. The zero-order valence-corrected chi connectivity index (χ0v) is 13.7. The van der Waals surface area contributed by atoms with Gasteiger partial charge in [-0.1, -0.05) is 50.1 Å². The van der Waals surface area contributed by atoms with E-state index in [4.69, 9.17) is 5.11 Å². The van der Waals surface area contributed by atoms with Gasteiger partial charge in [0.1, 0.15) is 0 Å². The molecule has 0 aliphatic rings. The summed E-state index contributed by atoms with van der Waals surface area (Å²) in [5, 5.41) is 12.2. The Bertz CT molecular complexity index is 612. The number of carboxylic acids is 1. The van der Waals surface area contributed by atoms with Crippen molar-refractivity contribution in [1.82, 2.24) is 5.32 Å². The molecule has 2 aromatic rings. The van der Waals surface area contributed by atoms with Crippen molar-refractivity contribution in [2.75, 3.05) is 0 Å². The van der Waals surface area contributed by atoms with Crippen molar-refractivity contribution in [3.8, 4) is 0 Å². The first-order chi connectivity index (χ1) is 9.56. The summed E-state index contributed by atoms with van der Waals surface area (Å²) in [6, 6.07) is 13.2. The maximum absolute atomic E-state index is 10.9. The molecule has 104 valence electrons. The van der Waals surface area contributed by atoms with Crippen molar-refractivity contribution in [2.45, 2.75) is 13.1 Å². The number of rotatable bonds is 5. The fourth-order valence-corrected chi connectivity index (χ4v) is 2.55. The lowest BCUT2D eigenvalue weighted by molar-refractivity contribution is 0.0697. The fourth-order valence-electron chi connectivity index (χ4n) is 1.77. The largest absolute Gasteiger partial charge is 0.478 e. The highest BCUT2D eigenvalue weighted by Crippen LogP contribution is 2.19. The molecule has 0 aliphatic heterocycles. The van der Waals surface area contributed by atoms with Crippen LogP contribution in [-0.4, -0.2) is 11.1 Å². The Morgan fingerprint density at radius 3 is 2.35 bits per heavy atom. The molecule has 0 radical (unpaired) electrons. The number of carbonyl (C=O) groups is 1. The van der Waals surface area contributed by atoms with Crippen LogP contribution in [0, 0.1) is 0 Å². The second-order valence-corrected chi connectivity index (χ2v) is 6.11. The van der Waals surface area contributed by atoms with E-state index in [0.29, 0.717) is 6.54 Å². The minimum absolute atomic E-state index is 0.286. The van der Waals surface area contributed by atoms with Gasteiger partial charge in [-0.25, -0.2) is 4.79 Å². The van der Waals surface area contributed by atoms with Gasteiger partial charge in [-0.15, -0.1) is 0 Å². The summed E-state index contributed by atoms with van der Waals surface area (Å²) in [6.45, 7) is 1.44. The molecule has 0 spiro atoms. The van der Waals surface area contributed by atoms with Crippen LogP contribution in [0.2, 0.25) is 0 Å². The van der Waals surface area contributed by atoms with Crippen LogP contribution in [-0.2, 0) is 13.1 Å². The third-order valence-electron chi connectivity index (χ3n) is 2.86. The lowest BCUT2D eigenvalue weighted by Crippen LogP contribution is -2.13. The van der Waals surface area contributed by atoms with E-state index >= 15 is 0 Å². The zero-order valence-electron chi connectivity index (χ0n) is 10.6. The molecule has 0 heterocycles. The third kappa shape index (κ3) is 4.16. The zero-order chi connectivity index (χ0) is 14.5. The number of aromatic carboxylic acids is 1. The average molecular weight is 399 g/mol. The monoisotopic (exact) mass is 397 g/mol. The topological polar surface area (TPSA) is 49.3 Å². The maximum Gasteiger partial charge on any atom is 0.335 e. The predicted octanol–water partition coefficient (Wildman–Crippen LogP) is 4.20. The molecular weight excluding hydrogens is 386 g/mol. The molecule has 0 atom stereocenters. The summed E-state index contributed by atoms with van der Waals surface area (Å²) in [4.78, 5) is 10.9. The Morgan fingerprint density at radius 1 is 1.05 bits per heavy atom. The predicted molar refractivity (Wildman–Crippen MR) is 85.8 cm³/mol. The SMILES string of the molecule is O=C(O)c1ccc(CNCc2ccc(Br)cc2)c(Br)c1. The molecule has 5 heteroatoms. The number of carboxylic acid groups (broad SMARTS) is 1. The van der Waals surface area contributed by atoms with Crippen molar-refractivity contribution >= 4 is 37.8 Å². The van der Waals surface area contributed by atoms with Gasteiger partial charge in [0.2, 0.25) is 0 Å². The molecule has 0 amide bonds. The van der Waals surface area contributed by atoms with Gasteiger partial charge in [0.15, 0.2) is 0 Å². The normalized spacial score (nSPS) is 10.5. The molecule has 0 fully saturated rings. The first-order valence-electron chi connectivity index (χ1n) is 6.03. The molecular formula is C15H13Br2NO2. The minimum Gasteiger partial charge on any atom is -0.478 e. The minimum atomic E-state index is -0.917. The van der Waals surface area contributed by atoms with Gasteiger partial charge in [-0.3, -0.25) is 0 Å². The van der Waals surface area contributed by atoms with Crippen LogP contribution in [0.1, 0.15) is 21.5 Å². The molecule has 0 unspecified atom stereocenters. The first kappa shape index (κ1) is 15.2. The third-order valence-corrected chi connectivity index (χ3v) is 4.12. The molecule has 0 aliphatic carbocycles. The standard InChI is InChI=1S/C15H13Br2NO2/c16-13-5-1-10(2-6-13)8-18-9-12-4-3-11(15(19)20)7-14(12)17/h1-7,18H,8-9H2,(H,19,20). The van der Waals surface area contributed by atoms with Crippen LogP contribution in [0.5, 0.6) is 0 Å². The van der Waals surface area contributed by atoms with Crippen molar-refractivity contribution in [3.05, 3.63) is 68.1 Å². The van der Waals surface area contributed by atoms with Crippen LogP contribution in [0.4, 0.5) is 0 Å². The van der Waals surface area contributed by atoms with E-state index < -0.39 is 5.97 Å². The highest BCUT2D eigenvalue weighted by atomic mass is 79.9. The number of hydrogen-bond acceptors (Lipinski definition) is 2. The van der Waals surface area contributed by atoms with Gasteiger partial charge in [0.05, 0.1) is 5.56 Å². The van der Waals surface area contributed by atoms with Crippen LogP contribution in [0.3, 0.4) is 0 Å². The molecule has 3 nitrogen and oxygen atoms in total. The van der Waals surface area contributed by atoms with Crippen molar-refractivity contribution in [2.24, 2.45) is 0 Å². The summed E-state index contributed by atoms with van der Waals surface area (Å²) >= 11 is 6.81. The Labute approximate surface area is 134 Å². The second-order valence-electron chi connectivity index (χ2n) is 4.34. The van der Waals surface area contributed by atoms with E-state index in [2.05, 4.69) is 49.3 Å². The van der Waals surface area contributed by atoms with Gasteiger partial charge in [-0.2, -0.15) is 0 Å². The number of hydrogen-bond donors (Lipinski definition) is 2. The Hall–Kier alpha value is -1.17. The Morgan fingerprint density at radius 2 is 1.75 bits per heavy atom. The van der Waals surface area contributed by atoms with E-state index in [-0.39, 0.29) is 5.56 Å². The van der Waals surface area contributed by atoms with Gasteiger partial charge in [-0.05, 0) is 35.4 Å². The summed E-state index contributed by atoms with van der Waals surface area (Å²) < 4.78 is 1.87. The quantitative estimate of drug-likeness (QED) is 0.793. The van der Waals surface area contributed by atoms with E-state index in [1.807, 2.05) is 18.2 Å². The van der Waals surface area contributed by atoms with Crippen LogP contribution >= 0.6 is 31.9 Å². The summed E-state index contributed by atoms with van der Waals surface area (Å²) in [5.41, 5.74) is 2.52. The molecule has 2 N–H and O–H groups in total. The van der Waals surface area contributed by atoms with E-state index in [1.54, 1.807) is 12.1 Å². The van der Waals surface area contributed by atoms with Gasteiger partial charge < -0.3 is 10.4 Å². The molecule has 0 bridgehead atoms. The lowest BCUT2D eigenvalue weighted by atomic mass is 10.1. The lowest BCUT2D eigenvalue weighted by Gasteiger charge is -2.08. The average Bonchev–Trinajstić information content (AvgIpc) is 2.42. The molecule has 0 saturated heterocycles. The number of benzene rings is 2. The molecule has 0 aromatic heterocycles. The Balaban J connectivity index is 1.94. The van der Waals surface area contributed by atoms with Crippen molar-refractivity contribution in [1.29, 1.82) is 0 Å². The summed E-state index contributed by atoms with van der Waals surface area (Å²) in [5.74, 6) is -0.917. The second kappa shape index (κ2) is 7.02. The van der Waals surface area contributed by atoms with E-state index in [0.717, 1.165) is 21.1 Å². The van der Waals surface area contributed by atoms with Gasteiger partial charge in [0, 0.05) is 22.0 Å². The molecule has 20 heavy (non-hydrogen) atoms. The molecule has 2 rings (SSSR count). The molecule has 2 aromatic carbocycles. The highest BCUT2D eigenvalue weighted by molar-refractivity contribution is 9.10. The van der Waals surface area contributed by atoms with Gasteiger partial charge in [0.25, 0.3) is 0 Å². The van der Waals surface area contributed by atoms with Crippen LogP contribution < -0.4 is 5.32 Å². The van der Waals surface area contributed by atoms with Crippen molar-refractivity contribution < 1.29 is 9.90 Å². The van der Waals surface area contributed by atoms with Crippen LogP contribution in [0.25, 0.3) is 0 Å². The summed E-state index contributed by atoms with van der Waals surface area (Å²) in [6.07, 6.45) is 0. The van der Waals surface area contributed by atoms with Crippen molar-refractivity contribution in [3.63, 3.8) is 0 Å². The number of halogens is 2. The highest BCUT2D eigenvalue weighted by Gasteiger charge is 2.06. The van der Waals surface area contributed by atoms with Gasteiger partial charge >= 0.3 is 5.97 Å². The van der Waals surface area contributed by atoms with E-state index in [9.17, 15) is 4.79 Å².